The van der Waals surface area contributed by atoms with Crippen molar-refractivity contribution >= 4 is 17.7 Å². The summed E-state index contributed by atoms with van der Waals surface area (Å²) >= 11 is 0. The molecule has 0 unspecified atom stereocenters. The molecule has 0 bridgehead atoms. The number of allylic oxidation sites excluding steroid dienone is 3. The standard InChI is InChI=1S/C23H27NO5/c1-13(2)12-29-23(27)19-14(3)24-17-6-5-7-18(25)21(17)20(19)15-8-10-16(11-9-15)22(26)28-4/h8-11,13,20,24H,5-7,12H2,1-4H3/t20-/m1/s1. The van der Waals surface area contributed by atoms with Crippen LogP contribution in [0.5, 0.6) is 0 Å². The summed E-state index contributed by atoms with van der Waals surface area (Å²) in [6, 6.07) is 6.86. The van der Waals surface area contributed by atoms with Gasteiger partial charge in [-0.15, -0.1) is 0 Å². The van der Waals surface area contributed by atoms with Crippen molar-refractivity contribution in [1.82, 2.24) is 5.32 Å². The number of nitrogens with one attached hydrogen (secondary N) is 1. The van der Waals surface area contributed by atoms with Gasteiger partial charge >= 0.3 is 11.9 Å². The fourth-order valence-corrected chi connectivity index (χ4v) is 3.84. The molecule has 0 aromatic heterocycles. The maximum Gasteiger partial charge on any atom is 0.337 e. The normalized spacial score (nSPS) is 19.1. The van der Waals surface area contributed by atoms with Crippen molar-refractivity contribution in [1.29, 1.82) is 0 Å². The molecule has 154 valence electrons. The molecular weight excluding hydrogens is 370 g/mol. The number of rotatable bonds is 5. The average Bonchev–Trinajstić information content (AvgIpc) is 2.70. The largest absolute Gasteiger partial charge is 0.465 e. The van der Waals surface area contributed by atoms with Gasteiger partial charge in [-0.05, 0) is 43.4 Å². The Balaban J connectivity index is 2.05. The summed E-state index contributed by atoms with van der Waals surface area (Å²) in [7, 11) is 1.33. The number of ether oxygens (including phenoxy) is 2. The first kappa shape index (κ1) is 20.8. The Hall–Kier alpha value is -2.89. The van der Waals surface area contributed by atoms with E-state index in [0.29, 0.717) is 35.4 Å². The lowest BCUT2D eigenvalue weighted by Gasteiger charge is -2.34. The Morgan fingerprint density at radius 1 is 1.14 bits per heavy atom. The van der Waals surface area contributed by atoms with Gasteiger partial charge in [0.2, 0.25) is 0 Å². The minimum absolute atomic E-state index is 0.0439. The number of carbonyl (C=O) groups is 3. The summed E-state index contributed by atoms with van der Waals surface area (Å²) in [4.78, 5) is 37.6. The first-order chi connectivity index (χ1) is 13.8. The minimum Gasteiger partial charge on any atom is -0.465 e. The number of Topliss-reactive ketones (excluding diaryl/α,β-unsaturated/α-hetero) is 1. The van der Waals surface area contributed by atoms with E-state index in [9.17, 15) is 14.4 Å². The van der Waals surface area contributed by atoms with Crippen LogP contribution in [0.2, 0.25) is 0 Å². The van der Waals surface area contributed by atoms with Gasteiger partial charge < -0.3 is 14.8 Å². The van der Waals surface area contributed by atoms with E-state index in [0.717, 1.165) is 24.1 Å². The molecule has 0 saturated carbocycles. The van der Waals surface area contributed by atoms with Crippen molar-refractivity contribution in [3.8, 4) is 0 Å². The van der Waals surface area contributed by atoms with Crippen LogP contribution in [-0.4, -0.2) is 31.4 Å². The first-order valence-electron chi connectivity index (χ1n) is 9.92. The van der Waals surface area contributed by atoms with Crippen LogP contribution in [0.25, 0.3) is 0 Å². The second-order valence-corrected chi connectivity index (χ2v) is 7.87. The molecule has 2 aliphatic rings. The van der Waals surface area contributed by atoms with E-state index < -0.39 is 17.9 Å². The number of methoxy groups -OCH3 is 1. The third kappa shape index (κ3) is 4.26. The van der Waals surface area contributed by atoms with E-state index in [-0.39, 0.29) is 11.7 Å². The third-order valence-electron chi connectivity index (χ3n) is 5.21. The van der Waals surface area contributed by atoms with E-state index in [1.807, 2.05) is 20.8 Å². The Morgan fingerprint density at radius 3 is 2.45 bits per heavy atom. The zero-order chi connectivity index (χ0) is 21.1. The molecule has 29 heavy (non-hydrogen) atoms. The second kappa shape index (κ2) is 8.64. The average molecular weight is 397 g/mol. The van der Waals surface area contributed by atoms with Gasteiger partial charge in [-0.25, -0.2) is 9.59 Å². The topological polar surface area (TPSA) is 81.7 Å². The number of hydrogen-bond acceptors (Lipinski definition) is 6. The highest BCUT2D eigenvalue weighted by Gasteiger charge is 2.39. The van der Waals surface area contributed by atoms with Crippen molar-refractivity contribution in [2.45, 2.75) is 46.0 Å². The zero-order valence-electron chi connectivity index (χ0n) is 17.3. The molecule has 1 aliphatic carbocycles. The smallest absolute Gasteiger partial charge is 0.337 e. The summed E-state index contributed by atoms with van der Waals surface area (Å²) < 4.78 is 10.3. The molecule has 0 saturated heterocycles. The summed E-state index contributed by atoms with van der Waals surface area (Å²) in [6.07, 6.45) is 2.02. The van der Waals surface area contributed by atoms with Crippen LogP contribution < -0.4 is 5.32 Å². The molecule has 6 nitrogen and oxygen atoms in total. The van der Waals surface area contributed by atoms with Gasteiger partial charge in [0.1, 0.15) is 0 Å². The van der Waals surface area contributed by atoms with Crippen LogP contribution in [0, 0.1) is 5.92 Å². The molecule has 1 aromatic rings. The lowest BCUT2D eigenvalue weighted by atomic mass is 9.75. The molecule has 1 N–H and O–H groups in total. The van der Waals surface area contributed by atoms with Gasteiger partial charge in [-0.2, -0.15) is 0 Å². The highest BCUT2D eigenvalue weighted by Crippen LogP contribution is 2.42. The number of hydrogen-bond donors (Lipinski definition) is 1. The van der Waals surface area contributed by atoms with Crippen molar-refractivity contribution in [3.63, 3.8) is 0 Å². The number of ketones is 1. The van der Waals surface area contributed by atoms with Crippen LogP contribution in [-0.2, 0) is 19.1 Å². The maximum absolute atomic E-state index is 13.0. The molecule has 1 aromatic carbocycles. The quantitative estimate of drug-likeness (QED) is 0.764. The maximum atomic E-state index is 13.0. The van der Waals surface area contributed by atoms with E-state index in [1.165, 1.54) is 7.11 Å². The zero-order valence-corrected chi connectivity index (χ0v) is 17.3. The van der Waals surface area contributed by atoms with Crippen LogP contribution in [0.3, 0.4) is 0 Å². The predicted octanol–water partition coefficient (Wildman–Crippen LogP) is 3.64. The SMILES string of the molecule is COC(=O)c1ccc([C@@H]2C(C(=O)OCC(C)C)=C(C)NC3=C2C(=O)CCC3)cc1. The molecular formula is C23H27NO5. The van der Waals surface area contributed by atoms with Gasteiger partial charge in [0.25, 0.3) is 0 Å². The van der Waals surface area contributed by atoms with Gasteiger partial charge in [0, 0.05) is 29.3 Å². The van der Waals surface area contributed by atoms with Crippen LogP contribution in [0.4, 0.5) is 0 Å². The van der Waals surface area contributed by atoms with Crippen molar-refractivity contribution in [2.75, 3.05) is 13.7 Å². The van der Waals surface area contributed by atoms with Crippen LogP contribution in [0.1, 0.15) is 61.9 Å². The van der Waals surface area contributed by atoms with Gasteiger partial charge in [0.15, 0.2) is 5.78 Å². The fraction of sp³-hybridized carbons (Fsp3) is 0.435. The summed E-state index contributed by atoms with van der Waals surface area (Å²) in [6.45, 7) is 6.10. The highest BCUT2D eigenvalue weighted by molar-refractivity contribution is 6.03. The second-order valence-electron chi connectivity index (χ2n) is 7.87. The summed E-state index contributed by atoms with van der Waals surface area (Å²) in [5.41, 5.74) is 3.85. The van der Waals surface area contributed by atoms with Crippen LogP contribution in [0.15, 0.2) is 46.8 Å². The highest BCUT2D eigenvalue weighted by atomic mass is 16.5. The molecule has 0 amide bonds. The predicted molar refractivity (Wildman–Crippen MR) is 108 cm³/mol. The molecule has 1 atom stereocenters. The third-order valence-corrected chi connectivity index (χ3v) is 5.21. The van der Waals surface area contributed by atoms with Crippen molar-refractivity contribution in [3.05, 3.63) is 57.9 Å². The van der Waals surface area contributed by atoms with Crippen LogP contribution >= 0.6 is 0 Å². The number of dihydropyridines is 1. The van der Waals surface area contributed by atoms with Crippen molar-refractivity contribution < 1.29 is 23.9 Å². The molecule has 1 aliphatic heterocycles. The summed E-state index contributed by atoms with van der Waals surface area (Å²) in [5.74, 6) is -1.11. The first-order valence-corrected chi connectivity index (χ1v) is 9.92. The van der Waals surface area contributed by atoms with E-state index in [2.05, 4.69) is 5.32 Å². The number of carbonyl (C=O) groups excluding carboxylic acids is 3. The molecule has 1 heterocycles. The Kier molecular flexibility index (Phi) is 6.20. The van der Waals surface area contributed by atoms with Gasteiger partial charge in [0.05, 0.1) is 24.9 Å². The lowest BCUT2D eigenvalue weighted by molar-refractivity contribution is -0.140. The monoisotopic (exact) mass is 397 g/mol. The molecule has 0 fully saturated rings. The van der Waals surface area contributed by atoms with E-state index in [1.54, 1.807) is 24.3 Å². The van der Waals surface area contributed by atoms with E-state index >= 15 is 0 Å². The Labute approximate surface area is 171 Å². The number of benzene rings is 1. The van der Waals surface area contributed by atoms with Gasteiger partial charge in [-0.1, -0.05) is 26.0 Å². The fourth-order valence-electron chi connectivity index (χ4n) is 3.84. The molecule has 0 spiro atoms. The number of esters is 2. The molecule has 3 rings (SSSR count). The summed E-state index contributed by atoms with van der Waals surface area (Å²) in [5, 5.41) is 3.27. The van der Waals surface area contributed by atoms with E-state index in [4.69, 9.17) is 9.47 Å². The lowest BCUT2D eigenvalue weighted by Crippen LogP contribution is -2.34. The van der Waals surface area contributed by atoms with Gasteiger partial charge in [-0.3, -0.25) is 4.79 Å². The Morgan fingerprint density at radius 2 is 1.83 bits per heavy atom. The molecule has 0 radical (unpaired) electrons. The Bertz CT molecular complexity index is 892. The minimum atomic E-state index is -0.509. The van der Waals surface area contributed by atoms with Crippen molar-refractivity contribution in [2.24, 2.45) is 5.92 Å². The molecule has 6 heteroatoms.